The van der Waals surface area contributed by atoms with Crippen LogP contribution in [0, 0.1) is 0 Å². The number of sulfonamides is 1. The predicted molar refractivity (Wildman–Crippen MR) is 139 cm³/mol. The minimum atomic E-state index is -3.20. The number of rotatable bonds is 7. The van der Waals surface area contributed by atoms with E-state index in [1.165, 1.54) is 19.1 Å². The fourth-order valence-corrected chi connectivity index (χ4v) is 6.17. The van der Waals surface area contributed by atoms with E-state index in [2.05, 4.69) is 20.2 Å². The van der Waals surface area contributed by atoms with Gasteiger partial charge in [0, 0.05) is 30.9 Å². The summed E-state index contributed by atoms with van der Waals surface area (Å²) in [6, 6.07) is 5.74. The monoisotopic (exact) mass is 523 g/mol. The maximum atomic E-state index is 12.0. The summed E-state index contributed by atoms with van der Waals surface area (Å²) >= 11 is 6.27. The van der Waals surface area contributed by atoms with Gasteiger partial charge in [0.25, 0.3) is 0 Å². The SMILES string of the molecule is COc1ccc(Nc2nc(N)nc(N(C3CCCCCC3)C3CCN(S(C)(=O)=O)CC3)n2)cc1Cl. The first kappa shape index (κ1) is 25.7. The number of benzene rings is 1. The van der Waals surface area contributed by atoms with Crippen molar-refractivity contribution in [2.45, 2.75) is 63.5 Å². The number of aromatic nitrogens is 3. The Labute approximate surface area is 212 Å². The summed E-state index contributed by atoms with van der Waals surface area (Å²) in [6.07, 6.45) is 9.55. The van der Waals surface area contributed by atoms with E-state index < -0.39 is 10.0 Å². The number of piperidine rings is 1. The molecule has 1 saturated carbocycles. The van der Waals surface area contributed by atoms with Gasteiger partial charge in [-0.15, -0.1) is 0 Å². The van der Waals surface area contributed by atoms with Crippen LogP contribution in [-0.4, -0.2) is 66.2 Å². The standard InChI is InChI=1S/C23H34ClN7O3S/c1-34-20-10-9-16(15-19(20)24)26-22-27-21(25)28-23(29-22)31(17-7-5-3-4-6-8-17)18-11-13-30(14-12-18)35(2,32)33/h9-10,15,17-18H,3-8,11-14H2,1-2H3,(H3,25,26,27,28,29). The normalized spacial score (nSPS) is 18.7. The Kier molecular flexibility index (Phi) is 8.18. The number of hydrogen-bond acceptors (Lipinski definition) is 9. The summed E-state index contributed by atoms with van der Waals surface area (Å²) in [7, 11) is -1.64. The molecule has 12 heteroatoms. The molecular weight excluding hydrogens is 490 g/mol. The highest BCUT2D eigenvalue weighted by atomic mass is 35.5. The van der Waals surface area contributed by atoms with Gasteiger partial charge in [-0.3, -0.25) is 0 Å². The number of methoxy groups -OCH3 is 1. The van der Waals surface area contributed by atoms with Gasteiger partial charge in [0.05, 0.1) is 18.4 Å². The minimum absolute atomic E-state index is 0.126. The largest absolute Gasteiger partial charge is 0.495 e. The highest BCUT2D eigenvalue weighted by Crippen LogP contribution is 2.32. The number of nitrogens with two attached hydrogens (primary N) is 1. The van der Waals surface area contributed by atoms with E-state index in [4.69, 9.17) is 27.1 Å². The molecule has 192 valence electrons. The minimum Gasteiger partial charge on any atom is -0.495 e. The van der Waals surface area contributed by atoms with E-state index in [-0.39, 0.29) is 18.0 Å². The van der Waals surface area contributed by atoms with Gasteiger partial charge in [0.15, 0.2) is 0 Å². The van der Waals surface area contributed by atoms with Crippen molar-refractivity contribution in [3.63, 3.8) is 0 Å². The average Bonchev–Trinajstić information content (AvgIpc) is 3.08. The lowest BCUT2D eigenvalue weighted by molar-refractivity contribution is 0.294. The third-order valence-electron chi connectivity index (χ3n) is 6.78. The van der Waals surface area contributed by atoms with Crippen LogP contribution in [0.1, 0.15) is 51.4 Å². The summed E-state index contributed by atoms with van der Waals surface area (Å²) < 4.78 is 30.9. The third kappa shape index (κ3) is 6.45. The van der Waals surface area contributed by atoms with Gasteiger partial charge in [-0.05, 0) is 43.9 Å². The average molecular weight is 524 g/mol. The summed E-state index contributed by atoms with van der Waals surface area (Å²) in [5.41, 5.74) is 6.84. The molecule has 1 saturated heterocycles. The zero-order valence-corrected chi connectivity index (χ0v) is 21.9. The van der Waals surface area contributed by atoms with Gasteiger partial charge in [-0.1, -0.05) is 37.3 Å². The zero-order chi connectivity index (χ0) is 25.0. The molecule has 2 aromatic rings. The number of hydrogen-bond donors (Lipinski definition) is 2. The van der Waals surface area contributed by atoms with Crippen molar-refractivity contribution in [1.29, 1.82) is 0 Å². The van der Waals surface area contributed by atoms with Crippen molar-refractivity contribution in [2.24, 2.45) is 0 Å². The maximum Gasteiger partial charge on any atom is 0.233 e. The van der Waals surface area contributed by atoms with Crippen LogP contribution in [0.5, 0.6) is 5.75 Å². The molecule has 2 aliphatic rings. The van der Waals surface area contributed by atoms with Gasteiger partial charge >= 0.3 is 0 Å². The Bertz CT molecular complexity index is 1120. The first-order chi connectivity index (χ1) is 16.7. The Morgan fingerprint density at radius 2 is 1.71 bits per heavy atom. The summed E-state index contributed by atoms with van der Waals surface area (Å²) in [5.74, 6) is 1.57. The molecule has 1 aromatic carbocycles. The lowest BCUT2D eigenvalue weighted by Gasteiger charge is -2.42. The Morgan fingerprint density at radius 3 is 2.31 bits per heavy atom. The molecule has 1 aliphatic carbocycles. The van der Waals surface area contributed by atoms with Crippen molar-refractivity contribution < 1.29 is 13.2 Å². The van der Waals surface area contributed by atoms with Gasteiger partial charge in [-0.25, -0.2) is 12.7 Å². The van der Waals surface area contributed by atoms with Crippen molar-refractivity contribution in [3.8, 4) is 5.75 Å². The Balaban J connectivity index is 1.62. The lowest BCUT2D eigenvalue weighted by Crippen LogP contribution is -2.51. The molecule has 35 heavy (non-hydrogen) atoms. The van der Waals surface area contributed by atoms with Gasteiger partial charge in [-0.2, -0.15) is 15.0 Å². The first-order valence-electron chi connectivity index (χ1n) is 12.1. The Hall–Kier alpha value is -2.37. The van der Waals surface area contributed by atoms with E-state index >= 15 is 0 Å². The van der Waals surface area contributed by atoms with E-state index in [1.807, 2.05) is 6.07 Å². The van der Waals surface area contributed by atoms with E-state index in [0.29, 0.717) is 54.3 Å². The first-order valence-corrected chi connectivity index (χ1v) is 14.3. The highest BCUT2D eigenvalue weighted by molar-refractivity contribution is 7.88. The summed E-state index contributed by atoms with van der Waals surface area (Å²) in [4.78, 5) is 15.9. The number of nitrogens with one attached hydrogen (secondary N) is 1. The molecule has 1 aliphatic heterocycles. The fraction of sp³-hybridized carbons (Fsp3) is 0.609. The van der Waals surface area contributed by atoms with Gasteiger partial charge in [0.1, 0.15) is 5.75 Å². The van der Waals surface area contributed by atoms with Gasteiger partial charge in [0.2, 0.25) is 27.9 Å². The topological polar surface area (TPSA) is 127 Å². The molecule has 0 spiro atoms. The number of nitrogen functional groups attached to an aromatic ring is 1. The zero-order valence-electron chi connectivity index (χ0n) is 20.3. The second-order valence-electron chi connectivity index (χ2n) is 9.24. The fourth-order valence-electron chi connectivity index (χ4n) is 5.04. The van der Waals surface area contributed by atoms with Crippen molar-refractivity contribution >= 4 is 45.2 Å². The van der Waals surface area contributed by atoms with Crippen LogP contribution in [0.2, 0.25) is 5.02 Å². The summed E-state index contributed by atoms with van der Waals surface area (Å²) in [5, 5.41) is 3.65. The van der Waals surface area contributed by atoms with E-state index in [0.717, 1.165) is 25.7 Å². The van der Waals surface area contributed by atoms with Crippen LogP contribution < -0.4 is 20.7 Å². The van der Waals surface area contributed by atoms with Crippen LogP contribution in [0.4, 0.5) is 23.5 Å². The molecule has 10 nitrogen and oxygen atoms in total. The molecule has 2 fully saturated rings. The second kappa shape index (κ2) is 11.1. The molecule has 3 N–H and O–H groups in total. The van der Waals surface area contributed by atoms with Crippen LogP contribution in [-0.2, 0) is 10.0 Å². The van der Waals surface area contributed by atoms with Crippen molar-refractivity contribution in [2.75, 3.05) is 42.4 Å². The molecule has 2 heterocycles. The lowest BCUT2D eigenvalue weighted by atomic mass is 9.99. The molecule has 1 aromatic heterocycles. The number of ether oxygens (including phenoxy) is 1. The third-order valence-corrected chi connectivity index (χ3v) is 8.38. The quantitative estimate of drug-likeness (QED) is 0.520. The molecule has 0 amide bonds. The molecule has 0 unspecified atom stereocenters. The van der Waals surface area contributed by atoms with Crippen LogP contribution in [0.3, 0.4) is 0 Å². The predicted octanol–water partition coefficient (Wildman–Crippen LogP) is 3.81. The van der Waals surface area contributed by atoms with Crippen molar-refractivity contribution in [1.82, 2.24) is 19.3 Å². The molecule has 4 rings (SSSR count). The van der Waals surface area contributed by atoms with Crippen LogP contribution in [0.15, 0.2) is 18.2 Å². The molecule has 0 radical (unpaired) electrons. The van der Waals surface area contributed by atoms with Crippen molar-refractivity contribution in [3.05, 3.63) is 23.2 Å². The number of nitrogens with zero attached hydrogens (tertiary/aromatic N) is 5. The molecule has 0 atom stereocenters. The summed E-state index contributed by atoms with van der Waals surface area (Å²) in [6.45, 7) is 0.978. The second-order valence-corrected chi connectivity index (χ2v) is 11.6. The maximum absolute atomic E-state index is 12.0. The Morgan fingerprint density at radius 1 is 1.06 bits per heavy atom. The van der Waals surface area contributed by atoms with Gasteiger partial charge < -0.3 is 20.7 Å². The smallest absolute Gasteiger partial charge is 0.233 e. The number of anilines is 4. The van der Waals surface area contributed by atoms with Crippen LogP contribution >= 0.6 is 11.6 Å². The van der Waals surface area contributed by atoms with Crippen LogP contribution in [0.25, 0.3) is 0 Å². The van der Waals surface area contributed by atoms with E-state index in [1.54, 1.807) is 23.5 Å². The number of halogens is 1. The molecular formula is C23H34ClN7O3S. The van der Waals surface area contributed by atoms with E-state index in [9.17, 15) is 8.42 Å². The highest BCUT2D eigenvalue weighted by Gasteiger charge is 2.34. The molecule has 0 bridgehead atoms.